The molecule has 0 fully saturated rings. The van der Waals surface area contributed by atoms with Gasteiger partial charge in [-0.15, -0.1) is 0 Å². The number of aromatic nitrogens is 4. The number of nitrogens with one attached hydrogen (secondary N) is 1. The van der Waals surface area contributed by atoms with Crippen LogP contribution in [0.25, 0.3) is 11.3 Å². The summed E-state index contributed by atoms with van der Waals surface area (Å²) in [5.74, 6) is 0.642. The van der Waals surface area contributed by atoms with E-state index < -0.39 is 0 Å². The van der Waals surface area contributed by atoms with Crippen LogP contribution in [0.5, 0.6) is 0 Å². The van der Waals surface area contributed by atoms with Crippen LogP contribution in [-0.4, -0.2) is 26.5 Å². The van der Waals surface area contributed by atoms with Crippen molar-refractivity contribution < 1.29 is 0 Å². The summed E-state index contributed by atoms with van der Waals surface area (Å²) < 4.78 is 0. The zero-order valence-electron chi connectivity index (χ0n) is 9.09. The Morgan fingerprint density at radius 2 is 2.06 bits per heavy atom. The Morgan fingerprint density at radius 1 is 1.25 bits per heavy atom. The van der Waals surface area contributed by atoms with Crippen molar-refractivity contribution in [2.24, 2.45) is 0 Å². The summed E-state index contributed by atoms with van der Waals surface area (Å²) in [7, 11) is 0. The lowest BCUT2D eigenvalue weighted by atomic mass is 10.2. The third-order valence-corrected chi connectivity index (χ3v) is 2.05. The molecule has 0 spiro atoms. The molecule has 0 saturated carbocycles. The van der Waals surface area contributed by atoms with E-state index in [1.54, 1.807) is 18.6 Å². The number of anilines is 1. The van der Waals surface area contributed by atoms with E-state index in [4.69, 9.17) is 0 Å². The van der Waals surface area contributed by atoms with Crippen LogP contribution in [-0.2, 0) is 0 Å². The summed E-state index contributed by atoms with van der Waals surface area (Å²) in [6.45, 7) is 2.97. The minimum Gasteiger partial charge on any atom is -0.354 e. The van der Waals surface area contributed by atoms with Gasteiger partial charge in [0.15, 0.2) is 0 Å². The van der Waals surface area contributed by atoms with Crippen molar-refractivity contribution in [3.05, 3.63) is 31.0 Å². The molecule has 0 aliphatic carbocycles. The zero-order chi connectivity index (χ0) is 11.2. The summed E-state index contributed by atoms with van der Waals surface area (Å²) in [5, 5.41) is 3.14. The first-order valence-corrected chi connectivity index (χ1v) is 5.22. The lowest BCUT2D eigenvalue weighted by molar-refractivity contribution is 0.953. The fraction of sp³-hybridized carbons (Fsp3) is 0.273. The highest BCUT2D eigenvalue weighted by Crippen LogP contribution is 2.14. The van der Waals surface area contributed by atoms with E-state index in [-0.39, 0.29) is 0 Å². The molecule has 0 radical (unpaired) electrons. The van der Waals surface area contributed by atoms with Crippen molar-refractivity contribution in [1.29, 1.82) is 0 Å². The Kier molecular flexibility index (Phi) is 3.38. The van der Waals surface area contributed by atoms with Crippen molar-refractivity contribution in [1.82, 2.24) is 19.9 Å². The SMILES string of the molecule is CCCNc1nccc(-c2cncnc2)n1. The summed E-state index contributed by atoms with van der Waals surface area (Å²) in [5.41, 5.74) is 1.72. The number of nitrogens with zero attached hydrogens (tertiary/aromatic N) is 4. The van der Waals surface area contributed by atoms with Crippen molar-refractivity contribution in [2.75, 3.05) is 11.9 Å². The monoisotopic (exact) mass is 215 g/mol. The minimum absolute atomic E-state index is 0.642. The summed E-state index contributed by atoms with van der Waals surface area (Å²) in [4.78, 5) is 16.4. The first kappa shape index (κ1) is 10.5. The van der Waals surface area contributed by atoms with E-state index in [9.17, 15) is 0 Å². The Balaban J connectivity index is 2.22. The zero-order valence-corrected chi connectivity index (χ0v) is 9.09. The third kappa shape index (κ3) is 2.50. The Labute approximate surface area is 94.0 Å². The van der Waals surface area contributed by atoms with E-state index in [0.29, 0.717) is 5.95 Å². The fourth-order valence-corrected chi connectivity index (χ4v) is 1.27. The largest absolute Gasteiger partial charge is 0.354 e. The molecule has 2 heterocycles. The van der Waals surface area contributed by atoms with Gasteiger partial charge in [-0.3, -0.25) is 0 Å². The third-order valence-electron chi connectivity index (χ3n) is 2.05. The number of hydrogen-bond donors (Lipinski definition) is 1. The highest BCUT2D eigenvalue weighted by atomic mass is 15.1. The van der Waals surface area contributed by atoms with E-state index in [1.807, 2.05) is 6.07 Å². The van der Waals surface area contributed by atoms with Gasteiger partial charge >= 0.3 is 0 Å². The van der Waals surface area contributed by atoms with Crippen molar-refractivity contribution in [2.45, 2.75) is 13.3 Å². The summed E-state index contributed by atoms with van der Waals surface area (Å²) >= 11 is 0. The molecular formula is C11H13N5. The van der Waals surface area contributed by atoms with Crippen molar-refractivity contribution in [3.63, 3.8) is 0 Å². The molecule has 0 amide bonds. The Hall–Kier alpha value is -2.04. The second-order valence-electron chi connectivity index (χ2n) is 3.32. The van der Waals surface area contributed by atoms with Crippen molar-refractivity contribution in [3.8, 4) is 11.3 Å². The molecule has 1 N–H and O–H groups in total. The molecule has 0 atom stereocenters. The second kappa shape index (κ2) is 5.16. The van der Waals surface area contributed by atoms with Gasteiger partial charge in [0.2, 0.25) is 5.95 Å². The molecule has 2 aromatic heterocycles. The van der Waals surface area contributed by atoms with Gasteiger partial charge in [-0.25, -0.2) is 19.9 Å². The molecule has 5 nitrogen and oxygen atoms in total. The first-order chi connectivity index (χ1) is 7.90. The smallest absolute Gasteiger partial charge is 0.223 e. The Morgan fingerprint density at radius 3 is 2.81 bits per heavy atom. The predicted molar refractivity (Wildman–Crippen MR) is 61.8 cm³/mol. The molecule has 0 aliphatic rings. The molecule has 16 heavy (non-hydrogen) atoms. The molecule has 82 valence electrons. The van der Waals surface area contributed by atoms with Gasteiger partial charge < -0.3 is 5.32 Å². The van der Waals surface area contributed by atoms with Gasteiger partial charge in [-0.1, -0.05) is 6.92 Å². The van der Waals surface area contributed by atoms with E-state index in [1.165, 1.54) is 6.33 Å². The molecule has 0 bridgehead atoms. The van der Waals surface area contributed by atoms with Crippen LogP contribution < -0.4 is 5.32 Å². The van der Waals surface area contributed by atoms with Gasteiger partial charge in [0.25, 0.3) is 0 Å². The van der Waals surface area contributed by atoms with E-state index >= 15 is 0 Å². The molecular weight excluding hydrogens is 202 g/mol. The molecule has 0 aliphatic heterocycles. The van der Waals surface area contributed by atoms with Crippen molar-refractivity contribution >= 4 is 5.95 Å². The number of hydrogen-bond acceptors (Lipinski definition) is 5. The van der Waals surface area contributed by atoms with E-state index in [0.717, 1.165) is 24.2 Å². The summed E-state index contributed by atoms with van der Waals surface area (Å²) in [6.07, 6.45) is 7.74. The first-order valence-electron chi connectivity index (χ1n) is 5.22. The fourth-order valence-electron chi connectivity index (χ4n) is 1.27. The average Bonchev–Trinajstić information content (AvgIpc) is 2.38. The van der Waals surface area contributed by atoms with Crippen LogP contribution >= 0.6 is 0 Å². The maximum absolute atomic E-state index is 4.38. The quantitative estimate of drug-likeness (QED) is 0.841. The standard InChI is InChI=1S/C11H13N5/c1-2-4-14-11-15-5-3-10(16-11)9-6-12-8-13-7-9/h3,5-8H,2,4H2,1H3,(H,14,15,16). The Bertz CT molecular complexity index is 443. The lowest BCUT2D eigenvalue weighted by Crippen LogP contribution is -2.04. The minimum atomic E-state index is 0.642. The lowest BCUT2D eigenvalue weighted by Gasteiger charge is -2.04. The molecule has 2 aromatic rings. The average molecular weight is 215 g/mol. The second-order valence-corrected chi connectivity index (χ2v) is 3.32. The molecule has 5 heteroatoms. The topological polar surface area (TPSA) is 63.6 Å². The number of rotatable bonds is 4. The van der Waals surface area contributed by atoms with Crippen LogP contribution in [0.2, 0.25) is 0 Å². The molecule has 0 saturated heterocycles. The van der Waals surface area contributed by atoms with Gasteiger partial charge in [-0.05, 0) is 12.5 Å². The highest BCUT2D eigenvalue weighted by molar-refractivity contribution is 5.57. The van der Waals surface area contributed by atoms with E-state index in [2.05, 4.69) is 32.2 Å². The highest BCUT2D eigenvalue weighted by Gasteiger charge is 2.01. The van der Waals surface area contributed by atoms with Gasteiger partial charge in [0.05, 0.1) is 5.69 Å². The predicted octanol–water partition coefficient (Wildman–Crippen LogP) is 1.76. The maximum atomic E-state index is 4.38. The molecule has 2 rings (SSSR count). The van der Waals surface area contributed by atoms with Crippen LogP contribution in [0.15, 0.2) is 31.0 Å². The normalized spacial score (nSPS) is 10.1. The molecule has 0 aromatic carbocycles. The van der Waals surface area contributed by atoms with Crippen LogP contribution in [0.3, 0.4) is 0 Å². The van der Waals surface area contributed by atoms with Gasteiger partial charge in [0.1, 0.15) is 6.33 Å². The van der Waals surface area contributed by atoms with Gasteiger partial charge in [-0.2, -0.15) is 0 Å². The molecule has 0 unspecified atom stereocenters. The van der Waals surface area contributed by atoms with Crippen LogP contribution in [0.1, 0.15) is 13.3 Å². The summed E-state index contributed by atoms with van der Waals surface area (Å²) in [6, 6.07) is 1.84. The van der Waals surface area contributed by atoms with Crippen LogP contribution in [0, 0.1) is 0 Å². The van der Waals surface area contributed by atoms with Crippen LogP contribution in [0.4, 0.5) is 5.95 Å². The maximum Gasteiger partial charge on any atom is 0.223 e. The van der Waals surface area contributed by atoms with Gasteiger partial charge in [0, 0.05) is 30.7 Å².